The fourth-order valence-corrected chi connectivity index (χ4v) is 3.90. The van der Waals surface area contributed by atoms with Crippen LogP contribution in [0.2, 0.25) is 0 Å². The molecule has 0 atom stereocenters. The van der Waals surface area contributed by atoms with Crippen LogP contribution in [-0.2, 0) is 0 Å². The first-order valence-corrected chi connectivity index (χ1v) is 10.0. The molecule has 0 aliphatic rings. The number of likely N-dealkylation sites (N-methyl/N-ethyl adjacent to an activating group) is 1. The zero-order chi connectivity index (χ0) is 21.1. The second-order valence-corrected chi connectivity index (χ2v) is 7.43. The Labute approximate surface area is 176 Å². The molecule has 0 bridgehead atoms. The number of benzene rings is 3. The molecule has 4 nitrogen and oxygen atoms in total. The number of hydrogen-bond acceptors (Lipinski definition) is 3. The SMILES string of the molecule is C=CCN(C)c1ccc2nc(C)n(C(c3ccccc3)c3ccccc3)c(=O)c2c1. The maximum absolute atomic E-state index is 13.8. The summed E-state index contributed by atoms with van der Waals surface area (Å²) in [6, 6.07) is 25.8. The van der Waals surface area contributed by atoms with Crippen molar-refractivity contribution >= 4 is 16.6 Å². The van der Waals surface area contributed by atoms with Crippen LogP contribution >= 0.6 is 0 Å². The molecule has 3 aromatic carbocycles. The second-order valence-electron chi connectivity index (χ2n) is 7.43. The lowest BCUT2D eigenvalue weighted by molar-refractivity contribution is 0.620. The highest BCUT2D eigenvalue weighted by Crippen LogP contribution is 2.27. The molecule has 0 unspecified atom stereocenters. The Morgan fingerprint density at radius 3 is 2.17 bits per heavy atom. The van der Waals surface area contributed by atoms with Gasteiger partial charge < -0.3 is 4.90 Å². The van der Waals surface area contributed by atoms with Crippen molar-refractivity contribution in [2.24, 2.45) is 0 Å². The molecule has 30 heavy (non-hydrogen) atoms. The lowest BCUT2D eigenvalue weighted by atomic mass is 9.98. The normalized spacial score (nSPS) is 11.0. The first kappa shape index (κ1) is 19.6. The molecule has 0 radical (unpaired) electrons. The zero-order valence-corrected chi connectivity index (χ0v) is 17.3. The van der Waals surface area contributed by atoms with E-state index in [0.717, 1.165) is 16.8 Å². The Bertz CT molecular complexity index is 1190. The predicted octanol–water partition coefficient (Wildman–Crippen LogP) is 4.96. The highest BCUT2D eigenvalue weighted by Gasteiger charge is 2.21. The Balaban J connectivity index is 1.97. The third-order valence-corrected chi connectivity index (χ3v) is 5.39. The van der Waals surface area contributed by atoms with Crippen LogP contribution in [0.5, 0.6) is 0 Å². The molecular formula is C26H25N3O. The van der Waals surface area contributed by atoms with Crippen molar-refractivity contribution in [1.29, 1.82) is 0 Å². The van der Waals surface area contributed by atoms with E-state index in [2.05, 4.69) is 35.7 Å². The van der Waals surface area contributed by atoms with Gasteiger partial charge in [-0.25, -0.2) is 4.98 Å². The standard InChI is InChI=1S/C26H25N3O/c1-4-17-28(3)22-15-16-24-23(18-22)26(30)29(19(2)27-24)25(20-11-7-5-8-12-20)21-13-9-6-10-14-21/h4-16,18,25H,1,17H2,2-3H3. The summed E-state index contributed by atoms with van der Waals surface area (Å²) in [4.78, 5) is 20.6. The van der Waals surface area contributed by atoms with E-state index >= 15 is 0 Å². The minimum absolute atomic E-state index is 0.0379. The quantitative estimate of drug-likeness (QED) is 0.433. The summed E-state index contributed by atoms with van der Waals surface area (Å²) in [7, 11) is 1.99. The van der Waals surface area contributed by atoms with Crippen molar-refractivity contribution in [2.45, 2.75) is 13.0 Å². The van der Waals surface area contributed by atoms with E-state index < -0.39 is 0 Å². The molecule has 4 heteroatoms. The first-order valence-electron chi connectivity index (χ1n) is 10.0. The smallest absolute Gasteiger partial charge is 0.262 e. The lowest BCUT2D eigenvalue weighted by Crippen LogP contribution is -2.29. The van der Waals surface area contributed by atoms with Gasteiger partial charge in [-0.05, 0) is 36.2 Å². The van der Waals surface area contributed by atoms with Gasteiger partial charge in [0, 0.05) is 19.3 Å². The van der Waals surface area contributed by atoms with Crippen LogP contribution in [0.3, 0.4) is 0 Å². The van der Waals surface area contributed by atoms with Gasteiger partial charge in [0.25, 0.3) is 5.56 Å². The van der Waals surface area contributed by atoms with Crippen LogP contribution in [0.25, 0.3) is 10.9 Å². The largest absolute Gasteiger partial charge is 0.371 e. The third-order valence-electron chi connectivity index (χ3n) is 5.39. The molecule has 0 amide bonds. The van der Waals surface area contributed by atoms with E-state index in [1.54, 1.807) is 0 Å². The summed E-state index contributed by atoms with van der Waals surface area (Å²) in [5.74, 6) is 0.692. The zero-order valence-electron chi connectivity index (χ0n) is 17.3. The number of aromatic nitrogens is 2. The van der Waals surface area contributed by atoms with E-state index in [9.17, 15) is 4.79 Å². The molecule has 1 heterocycles. The van der Waals surface area contributed by atoms with E-state index in [0.29, 0.717) is 23.3 Å². The van der Waals surface area contributed by atoms with Gasteiger partial charge in [0.2, 0.25) is 0 Å². The van der Waals surface area contributed by atoms with Crippen LogP contribution in [0.1, 0.15) is 23.0 Å². The topological polar surface area (TPSA) is 38.1 Å². The average molecular weight is 396 g/mol. The molecule has 1 aromatic heterocycles. The third kappa shape index (κ3) is 3.64. The number of hydrogen-bond donors (Lipinski definition) is 0. The molecule has 150 valence electrons. The van der Waals surface area contributed by atoms with Crippen LogP contribution in [0.15, 0.2) is 96.3 Å². The summed E-state index contributed by atoms with van der Waals surface area (Å²) < 4.78 is 1.81. The van der Waals surface area contributed by atoms with Crippen molar-refractivity contribution < 1.29 is 0 Å². The summed E-state index contributed by atoms with van der Waals surface area (Å²) in [5.41, 5.74) is 3.74. The van der Waals surface area contributed by atoms with Crippen molar-refractivity contribution in [3.63, 3.8) is 0 Å². The average Bonchev–Trinajstić information content (AvgIpc) is 2.78. The van der Waals surface area contributed by atoms with Gasteiger partial charge in [0.1, 0.15) is 5.82 Å². The lowest BCUT2D eigenvalue weighted by Gasteiger charge is -2.24. The number of rotatable bonds is 6. The Kier molecular flexibility index (Phi) is 5.48. The van der Waals surface area contributed by atoms with Gasteiger partial charge >= 0.3 is 0 Å². The van der Waals surface area contributed by atoms with Crippen molar-refractivity contribution in [3.8, 4) is 0 Å². The summed E-state index contributed by atoms with van der Waals surface area (Å²) in [5, 5.41) is 0.617. The van der Waals surface area contributed by atoms with E-state index in [4.69, 9.17) is 4.98 Å². The van der Waals surface area contributed by atoms with Crippen LogP contribution in [0.4, 0.5) is 5.69 Å². The van der Waals surface area contributed by atoms with Crippen molar-refractivity contribution in [3.05, 3.63) is 119 Å². The molecule has 0 fully saturated rings. The Hall–Kier alpha value is -3.66. The Morgan fingerprint density at radius 2 is 1.60 bits per heavy atom. The maximum atomic E-state index is 13.8. The summed E-state index contributed by atoms with van der Waals surface area (Å²) in [6.07, 6.45) is 1.84. The van der Waals surface area contributed by atoms with Crippen molar-refractivity contribution in [1.82, 2.24) is 9.55 Å². The predicted molar refractivity (Wildman–Crippen MR) is 124 cm³/mol. The van der Waals surface area contributed by atoms with E-state index in [-0.39, 0.29) is 11.6 Å². The first-order chi connectivity index (χ1) is 14.6. The molecule has 0 N–H and O–H groups in total. The fraction of sp³-hybridized carbons (Fsp3) is 0.154. The minimum Gasteiger partial charge on any atom is -0.371 e. The minimum atomic E-state index is -0.244. The highest BCUT2D eigenvalue weighted by molar-refractivity contribution is 5.82. The molecule has 4 aromatic rings. The van der Waals surface area contributed by atoms with Crippen LogP contribution < -0.4 is 10.5 Å². The van der Waals surface area contributed by atoms with Crippen LogP contribution in [-0.4, -0.2) is 23.1 Å². The van der Waals surface area contributed by atoms with Gasteiger partial charge in [0.15, 0.2) is 0 Å². The van der Waals surface area contributed by atoms with Gasteiger partial charge in [-0.3, -0.25) is 9.36 Å². The van der Waals surface area contributed by atoms with Crippen molar-refractivity contribution in [2.75, 3.05) is 18.5 Å². The molecule has 4 rings (SSSR count). The molecule has 0 spiro atoms. The van der Waals surface area contributed by atoms with E-state index in [1.807, 2.05) is 79.2 Å². The van der Waals surface area contributed by atoms with Crippen LogP contribution in [0, 0.1) is 6.92 Å². The molecule has 0 aliphatic carbocycles. The second kappa shape index (κ2) is 8.37. The van der Waals surface area contributed by atoms with Gasteiger partial charge in [-0.2, -0.15) is 0 Å². The van der Waals surface area contributed by atoms with Gasteiger partial charge in [-0.15, -0.1) is 6.58 Å². The van der Waals surface area contributed by atoms with E-state index in [1.165, 1.54) is 0 Å². The summed E-state index contributed by atoms with van der Waals surface area (Å²) >= 11 is 0. The fourth-order valence-electron chi connectivity index (χ4n) is 3.90. The number of nitrogens with zero attached hydrogens (tertiary/aromatic N) is 3. The molecular weight excluding hydrogens is 370 g/mol. The van der Waals surface area contributed by atoms with Gasteiger partial charge in [-0.1, -0.05) is 66.7 Å². The number of fused-ring (bicyclic) bond motifs is 1. The Morgan fingerprint density at radius 1 is 1.00 bits per heavy atom. The molecule has 0 saturated carbocycles. The highest BCUT2D eigenvalue weighted by atomic mass is 16.1. The number of anilines is 1. The maximum Gasteiger partial charge on any atom is 0.262 e. The molecule has 0 saturated heterocycles. The number of aryl methyl sites for hydroxylation is 1. The van der Waals surface area contributed by atoms with Gasteiger partial charge in [0.05, 0.1) is 16.9 Å². The monoisotopic (exact) mass is 395 g/mol. The summed E-state index contributed by atoms with van der Waals surface area (Å²) in [6.45, 7) is 6.41. The molecule has 0 aliphatic heterocycles.